The average molecular weight is 406 g/mol. The molecule has 1 N–H and O–H groups in total. The summed E-state index contributed by atoms with van der Waals surface area (Å²) in [5, 5.41) is 11.4. The molecule has 7 nitrogen and oxygen atoms in total. The molecule has 0 radical (unpaired) electrons. The first-order chi connectivity index (χ1) is 13.1. The summed E-state index contributed by atoms with van der Waals surface area (Å²) in [6, 6.07) is 12.3. The summed E-state index contributed by atoms with van der Waals surface area (Å²) in [4.78, 5) is 12.1. The van der Waals surface area contributed by atoms with Gasteiger partial charge in [-0.2, -0.15) is 0 Å². The standard InChI is InChI=1S/C18H16ClN3O4S/c1-24-13-6-3-11(4-7-13)17-21-22-18(26-17)27-10-16(23)20-12-5-8-15(25-2)14(19)9-12/h3-9H,10H2,1-2H3,(H,20,23). The Kier molecular flexibility index (Phi) is 6.20. The minimum atomic E-state index is -0.217. The van der Waals surface area contributed by atoms with Crippen molar-refractivity contribution in [3.8, 4) is 23.0 Å². The summed E-state index contributed by atoms with van der Waals surface area (Å²) in [7, 11) is 3.13. The second-order valence-electron chi connectivity index (χ2n) is 5.29. The number of rotatable bonds is 7. The zero-order chi connectivity index (χ0) is 19.2. The predicted molar refractivity (Wildman–Crippen MR) is 104 cm³/mol. The highest BCUT2D eigenvalue weighted by atomic mass is 35.5. The van der Waals surface area contributed by atoms with Crippen LogP contribution in [-0.4, -0.2) is 36.1 Å². The highest BCUT2D eigenvalue weighted by Gasteiger charge is 2.12. The third-order valence-electron chi connectivity index (χ3n) is 3.51. The summed E-state index contributed by atoms with van der Waals surface area (Å²) >= 11 is 7.19. The fourth-order valence-corrected chi connectivity index (χ4v) is 3.01. The topological polar surface area (TPSA) is 86.5 Å². The quantitative estimate of drug-likeness (QED) is 0.591. The fraction of sp³-hybridized carbons (Fsp3) is 0.167. The molecule has 1 heterocycles. The van der Waals surface area contributed by atoms with Crippen molar-refractivity contribution in [3.05, 3.63) is 47.5 Å². The maximum absolute atomic E-state index is 12.1. The van der Waals surface area contributed by atoms with Crippen molar-refractivity contribution in [2.75, 3.05) is 25.3 Å². The molecule has 27 heavy (non-hydrogen) atoms. The largest absolute Gasteiger partial charge is 0.497 e. The number of hydrogen-bond acceptors (Lipinski definition) is 7. The molecule has 0 fully saturated rings. The Bertz CT molecular complexity index is 931. The molecule has 0 bridgehead atoms. The smallest absolute Gasteiger partial charge is 0.277 e. The number of hydrogen-bond donors (Lipinski definition) is 1. The van der Waals surface area contributed by atoms with Crippen molar-refractivity contribution in [2.24, 2.45) is 0 Å². The van der Waals surface area contributed by atoms with Crippen LogP contribution in [0.4, 0.5) is 5.69 Å². The summed E-state index contributed by atoms with van der Waals surface area (Å²) < 4.78 is 15.8. The van der Waals surface area contributed by atoms with E-state index in [4.69, 9.17) is 25.5 Å². The first-order valence-electron chi connectivity index (χ1n) is 7.83. The second-order valence-corrected chi connectivity index (χ2v) is 6.62. The molecule has 3 aromatic rings. The SMILES string of the molecule is COc1ccc(-c2nnc(SCC(=O)Nc3ccc(OC)c(Cl)c3)o2)cc1. The van der Waals surface area contributed by atoms with Crippen LogP contribution in [0.25, 0.3) is 11.5 Å². The second kappa shape index (κ2) is 8.79. The average Bonchev–Trinajstić information content (AvgIpc) is 3.16. The number of carbonyl (C=O) groups is 1. The van der Waals surface area contributed by atoms with Crippen LogP contribution in [0.1, 0.15) is 0 Å². The molecule has 2 aromatic carbocycles. The van der Waals surface area contributed by atoms with Crippen LogP contribution in [0.15, 0.2) is 52.1 Å². The van der Waals surface area contributed by atoms with Crippen LogP contribution < -0.4 is 14.8 Å². The van der Waals surface area contributed by atoms with E-state index >= 15 is 0 Å². The van der Waals surface area contributed by atoms with E-state index in [9.17, 15) is 4.79 Å². The minimum absolute atomic E-state index is 0.119. The van der Waals surface area contributed by atoms with Crippen LogP contribution in [0.5, 0.6) is 11.5 Å². The molecule has 0 atom stereocenters. The number of thioether (sulfide) groups is 1. The number of carbonyl (C=O) groups excluding carboxylic acids is 1. The van der Waals surface area contributed by atoms with Crippen molar-refractivity contribution in [1.82, 2.24) is 10.2 Å². The molecule has 0 aliphatic carbocycles. The first kappa shape index (κ1) is 19.1. The van der Waals surface area contributed by atoms with Crippen molar-refractivity contribution >= 4 is 35.0 Å². The molecule has 1 aromatic heterocycles. The summed E-state index contributed by atoms with van der Waals surface area (Å²) in [5.74, 6) is 1.56. The van der Waals surface area contributed by atoms with E-state index in [1.165, 1.54) is 7.11 Å². The molecule has 0 aliphatic rings. The third kappa shape index (κ3) is 4.93. The monoisotopic (exact) mass is 405 g/mol. The van der Waals surface area contributed by atoms with Crippen molar-refractivity contribution < 1.29 is 18.7 Å². The Labute approximate surface area is 165 Å². The molecule has 3 rings (SSSR count). The van der Waals surface area contributed by atoms with Gasteiger partial charge >= 0.3 is 0 Å². The van der Waals surface area contributed by atoms with Gasteiger partial charge in [0.25, 0.3) is 5.22 Å². The lowest BCUT2D eigenvalue weighted by Gasteiger charge is -2.07. The molecule has 0 unspecified atom stereocenters. The number of methoxy groups -OCH3 is 2. The van der Waals surface area contributed by atoms with Gasteiger partial charge in [-0.15, -0.1) is 10.2 Å². The van der Waals surface area contributed by atoms with Gasteiger partial charge < -0.3 is 19.2 Å². The van der Waals surface area contributed by atoms with Gasteiger partial charge in [0.05, 0.1) is 25.0 Å². The molecule has 140 valence electrons. The molecule has 0 saturated carbocycles. The number of nitrogens with one attached hydrogen (secondary N) is 1. The molecule has 0 saturated heterocycles. The van der Waals surface area contributed by atoms with Crippen LogP contribution >= 0.6 is 23.4 Å². The van der Waals surface area contributed by atoms with Crippen molar-refractivity contribution in [3.63, 3.8) is 0 Å². The molecular weight excluding hydrogens is 390 g/mol. The normalized spacial score (nSPS) is 10.5. The van der Waals surface area contributed by atoms with Crippen molar-refractivity contribution in [1.29, 1.82) is 0 Å². The minimum Gasteiger partial charge on any atom is -0.497 e. The summed E-state index contributed by atoms with van der Waals surface area (Å²) in [6.45, 7) is 0. The summed E-state index contributed by atoms with van der Waals surface area (Å²) in [5.41, 5.74) is 1.35. The van der Waals surface area contributed by atoms with Gasteiger partial charge in [0, 0.05) is 11.3 Å². The molecular formula is C18H16ClN3O4S. The zero-order valence-corrected chi connectivity index (χ0v) is 16.1. The van der Waals surface area contributed by atoms with Crippen molar-refractivity contribution in [2.45, 2.75) is 5.22 Å². The van der Waals surface area contributed by atoms with E-state index in [2.05, 4.69) is 15.5 Å². The highest BCUT2D eigenvalue weighted by Crippen LogP contribution is 2.28. The highest BCUT2D eigenvalue weighted by molar-refractivity contribution is 7.99. The van der Waals surface area contributed by atoms with E-state index in [1.807, 2.05) is 12.1 Å². The van der Waals surface area contributed by atoms with Crippen LogP contribution in [0.3, 0.4) is 0 Å². The number of ether oxygens (including phenoxy) is 2. The Morgan fingerprint density at radius 2 is 1.93 bits per heavy atom. The lowest BCUT2D eigenvalue weighted by molar-refractivity contribution is -0.113. The molecule has 0 aliphatic heterocycles. The maximum atomic E-state index is 12.1. The number of nitrogens with zero attached hydrogens (tertiary/aromatic N) is 2. The van der Waals surface area contributed by atoms with E-state index in [0.717, 1.165) is 23.1 Å². The van der Waals surface area contributed by atoms with Crippen LogP contribution in [0, 0.1) is 0 Å². The van der Waals surface area contributed by atoms with Gasteiger partial charge in [0.1, 0.15) is 11.5 Å². The predicted octanol–water partition coefficient (Wildman–Crippen LogP) is 4.14. The zero-order valence-electron chi connectivity index (χ0n) is 14.6. The maximum Gasteiger partial charge on any atom is 0.277 e. The number of benzene rings is 2. The molecule has 0 spiro atoms. The number of amides is 1. The Balaban J connectivity index is 1.56. The van der Waals surface area contributed by atoms with Gasteiger partial charge in [-0.3, -0.25) is 4.79 Å². The van der Waals surface area contributed by atoms with Gasteiger partial charge in [0.15, 0.2) is 0 Å². The number of anilines is 1. The van der Waals surface area contributed by atoms with E-state index in [1.54, 1.807) is 37.4 Å². The van der Waals surface area contributed by atoms with Gasteiger partial charge in [-0.25, -0.2) is 0 Å². The lowest BCUT2D eigenvalue weighted by Crippen LogP contribution is -2.14. The number of aromatic nitrogens is 2. The Hall–Kier alpha value is -2.71. The lowest BCUT2D eigenvalue weighted by atomic mass is 10.2. The van der Waals surface area contributed by atoms with Crippen LogP contribution in [0.2, 0.25) is 5.02 Å². The van der Waals surface area contributed by atoms with Crippen LogP contribution in [-0.2, 0) is 4.79 Å². The summed E-state index contributed by atoms with van der Waals surface area (Å²) in [6.07, 6.45) is 0. The Morgan fingerprint density at radius 1 is 1.15 bits per heavy atom. The van der Waals surface area contributed by atoms with E-state index < -0.39 is 0 Å². The first-order valence-corrected chi connectivity index (χ1v) is 9.19. The van der Waals surface area contributed by atoms with E-state index in [0.29, 0.717) is 27.6 Å². The van der Waals surface area contributed by atoms with Gasteiger partial charge in [-0.05, 0) is 42.5 Å². The fourth-order valence-electron chi connectivity index (χ4n) is 2.19. The van der Waals surface area contributed by atoms with Gasteiger partial charge in [0.2, 0.25) is 11.8 Å². The molecule has 9 heteroatoms. The third-order valence-corrected chi connectivity index (χ3v) is 4.62. The van der Waals surface area contributed by atoms with E-state index in [-0.39, 0.29) is 11.7 Å². The van der Waals surface area contributed by atoms with Gasteiger partial charge in [-0.1, -0.05) is 23.4 Å². The number of halogens is 1. The molecule has 1 amide bonds. The Morgan fingerprint density at radius 3 is 2.59 bits per heavy atom.